The molecule has 7 nitrogen and oxygen atoms in total. The van der Waals surface area contributed by atoms with Crippen molar-refractivity contribution in [3.63, 3.8) is 0 Å². The lowest BCUT2D eigenvalue weighted by Gasteiger charge is -2.13. The van der Waals surface area contributed by atoms with Gasteiger partial charge in [-0.25, -0.2) is 4.98 Å². The molecule has 7 heteroatoms. The third-order valence-electron chi connectivity index (χ3n) is 4.51. The van der Waals surface area contributed by atoms with Crippen LogP contribution in [0, 0.1) is 6.92 Å². The van der Waals surface area contributed by atoms with Gasteiger partial charge in [0.1, 0.15) is 0 Å². The van der Waals surface area contributed by atoms with E-state index in [4.69, 9.17) is 8.94 Å². The number of hydrogen-bond acceptors (Lipinski definition) is 6. The number of oxazole rings is 1. The standard InChI is InChI=1S/C18H18N4O3/c1-3-15-21-17(22-25-15)12-4-6-13-11(8-12)5-7-14(13)20-18(23)16-10(2)19-9-24-16/h4,6,8-9,14H,3,5,7H2,1-2H3,(H,20,23)/t14-/m1/s1. The highest BCUT2D eigenvalue weighted by Gasteiger charge is 2.26. The quantitative estimate of drug-likeness (QED) is 0.786. The first-order valence-electron chi connectivity index (χ1n) is 8.32. The second-order valence-electron chi connectivity index (χ2n) is 6.11. The maximum atomic E-state index is 12.3. The van der Waals surface area contributed by atoms with Gasteiger partial charge < -0.3 is 14.3 Å². The maximum absolute atomic E-state index is 12.3. The van der Waals surface area contributed by atoms with Gasteiger partial charge in [0.05, 0.1) is 11.7 Å². The van der Waals surface area contributed by atoms with E-state index in [1.165, 1.54) is 12.0 Å². The van der Waals surface area contributed by atoms with E-state index in [-0.39, 0.29) is 17.7 Å². The Balaban J connectivity index is 1.55. The molecule has 0 spiro atoms. The van der Waals surface area contributed by atoms with E-state index in [9.17, 15) is 4.79 Å². The van der Waals surface area contributed by atoms with Gasteiger partial charge in [-0.05, 0) is 37.0 Å². The van der Waals surface area contributed by atoms with Crippen LogP contribution in [0.4, 0.5) is 0 Å². The van der Waals surface area contributed by atoms with Crippen LogP contribution >= 0.6 is 0 Å². The lowest BCUT2D eigenvalue weighted by molar-refractivity contribution is 0.0908. The Morgan fingerprint density at radius 2 is 2.28 bits per heavy atom. The number of aromatic nitrogens is 3. The Morgan fingerprint density at radius 1 is 1.40 bits per heavy atom. The number of amides is 1. The monoisotopic (exact) mass is 338 g/mol. The van der Waals surface area contributed by atoms with Crippen molar-refractivity contribution in [3.8, 4) is 11.4 Å². The molecule has 0 unspecified atom stereocenters. The van der Waals surface area contributed by atoms with Gasteiger partial charge in [0, 0.05) is 12.0 Å². The summed E-state index contributed by atoms with van der Waals surface area (Å²) in [5.41, 5.74) is 3.84. The molecule has 0 bridgehead atoms. The van der Waals surface area contributed by atoms with Crippen LogP contribution in [0.15, 0.2) is 33.5 Å². The first kappa shape index (κ1) is 15.6. The lowest BCUT2D eigenvalue weighted by Crippen LogP contribution is -2.27. The number of nitrogens with zero attached hydrogens (tertiary/aromatic N) is 3. The molecule has 0 fully saturated rings. The van der Waals surface area contributed by atoms with Gasteiger partial charge in [-0.3, -0.25) is 4.79 Å². The zero-order valence-electron chi connectivity index (χ0n) is 14.1. The van der Waals surface area contributed by atoms with Gasteiger partial charge in [-0.15, -0.1) is 0 Å². The normalized spacial score (nSPS) is 16.0. The minimum atomic E-state index is -0.234. The van der Waals surface area contributed by atoms with E-state index in [1.54, 1.807) is 6.92 Å². The average molecular weight is 338 g/mol. The van der Waals surface area contributed by atoms with Crippen molar-refractivity contribution in [2.24, 2.45) is 0 Å². The van der Waals surface area contributed by atoms with Gasteiger partial charge in [-0.2, -0.15) is 4.98 Å². The van der Waals surface area contributed by atoms with Crippen molar-refractivity contribution in [1.82, 2.24) is 20.4 Å². The van der Waals surface area contributed by atoms with Crippen molar-refractivity contribution in [2.45, 2.75) is 39.2 Å². The summed E-state index contributed by atoms with van der Waals surface area (Å²) < 4.78 is 10.3. The number of carbonyl (C=O) groups is 1. The second-order valence-corrected chi connectivity index (χ2v) is 6.11. The fourth-order valence-corrected chi connectivity index (χ4v) is 3.17. The Hall–Kier alpha value is -2.96. The molecular weight excluding hydrogens is 320 g/mol. The third kappa shape index (κ3) is 2.82. The number of benzene rings is 1. The highest BCUT2D eigenvalue weighted by molar-refractivity contribution is 5.92. The Labute approximate surface area is 144 Å². The number of fused-ring (bicyclic) bond motifs is 1. The number of rotatable bonds is 4. The van der Waals surface area contributed by atoms with E-state index >= 15 is 0 Å². The van der Waals surface area contributed by atoms with E-state index in [0.717, 1.165) is 24.0 Å². The SMILES string of the molecule is CCc1nc(-c2ccc3c(c2)CC[C@H]3NC(=O)c2ocnc2C)no1. The average Bonchev–Trinajstić information content (AvgIpc) is 3.34. The Kier molecular flexibility index (Phi) is 3.83. The molecule has 3 aromatic rings. The van der Waals surface area contributed by atoms with Crippen molar-refractivity contribution in [1.29, 1.82) is 0 Å². The molecule has 1 atom stereocenters. The van der Waals surface area contributed by atoms with Crippen molar-refractivity contribution in [2.75, 3.05) is 0 Å². The molecule has 1 N–H and O–H groups in total. The minimum Gasteiger partial charge on any atom is -0.438 e. The summed E-state index contributed by atoms with van der Waals surface area (Å²) in [6, 6.07) is 6.04. The van der Waals surface area contributed by atoms with Crippen molar-refractivity contribution < 1.29 is 13.7 Å². The summed E-state index contributed by atoms with van der Waals surface area (Å²) in [7, 11) is 0. The van der Waals surface area contributed by atoms with Gasteiger partial charge in [0.25, 0.3) is 5.91 Å². The van der Waals surface area contributed by atoms with E-state index in [1.807, 2.05) is 19.1 Å². The van der Waals surface area contributed by atoms with Crippen LogP contribution in [-0.2, 0) is 12.8 Å². The van der Waals surface area contributed by atoms with Crippen LogP contribution in [0.1, 0.15) is 52.7 Å². The molecular formula is C18H18N4O3. The number of aryl methyl sites for hydroxylation is 3. The predicted octanol–water partition coefficient (Wildman–Crippen LogP) is 3.01. The largest absolute Gasteiger partial charge is 0.438 e. The second kappa shape index (κ2) is 6.16. The summed E-state index contributed by atoms with van der Waals surface area (Å²) in [4.78, 5) is 20.7. The molecule has 0 saturated heterocycles. The fraction of sp³-hybridized carbons (Fsp3) is 0.333. The molecule has 1 amide bonds. The number of carbonyl (C=O) groups excluding carboxylic acids is 1. The van der Waals surface area contributed by atoms with Crippen LogP contribution in [0.5, 0.6) is 0 Å². The van der Waals surface area contributed by atoms with Gasteiger partial charge in [0.2, 0.25) is 17.5 Å². The van der Waals surface area contributed by atoms with Crippen LogP contribution in [0.2, 0.25) is 0 Å². The third-order valence-corrected chi connectivity index (χ3v) is 4.51. The fourth-order valence-electron chi connectivity index (χ4n) is 3.17. The summed E-state index contributed by atoms with van der Waals surface area (Å²) in [5, 5.41) is 7.05. The first-order valence-corrected chi connectivity index (χ1v) is 8.32. The van der Waals surface area contributed by atoms with E-state index in [0.29, 0.717) is 23.8 Å². The number of nitrogens with one attached hydrogen (secondary N) is 1. The molecule has 0 aliphatic heterocycles. The molecule has 2 heterocycles. The highest BCUT2D eigenvalue weighted by atomic mass is 16.5. The van der Waals surface area contributed by atoms with Crippen molar-refractivity contribution in [3.05, 3.63) is 53.1 Å². The van der Waals surface area contributed by atoms with E-state index in [2.05, 4.69) is 26.5 Å². The Bertz CT molecular complexity index is 928. The molecule has 0 saturated carbocycles. The molecule has 25 heavy (non-hydrogen) atoms. The zero-order chi connectivity index (χ0) is 17.4. The molecule has 4 rings (SSSR count). The maximum Gasteiger partial charge on any atom is 0.289 e. The summed E-state index contributed by atoms with van der Waals surface area (Å²) >= 11 is 0. The lowest BCUT2D eigenvalue weighted by atomic mass is 10.0. The van der Waals surface area contributed by atoms with Crippen molar-refractivity contribution >= 4 is 5.91 Å². The topological polar surface area (TPSA) is 94.1 Å². The smallest absolute Gasteiger partial charge is 0.289 e. The van der Waals surface area contributed by atoms with E-state index < -0.39 is 0 Å². The minimum absolute atomic E-state index is 0.0301. The van der Waals surface area contributed by atoms with Gasteiger partial charge in [0.15, 0.2) is 6.39 Å². The predicted molar refractivity (Wildman–Crippen MR) is 88.9 cm³/mol. The molecule has 1 aliphatic carbocycles. The molecule has 1 aromatic carbocycles. The molecule has 0 radical (unpaired) electrons. The number of hydrogen-bond donors (Lipinski definition) is 1. The summed E-state index contributed by atoms with van der Waals surface area (Å²) in [5.74, 6) is 1.26. The summed E-state index contributed by atoms with van der Waals surface area (Å²) in [6.45, 7) is 3.73. The van der Waals surface area contributed by atoms with Gasteiger partial charge in [-0.1, -0.05) is 24.2 Å². The van der Waals surface area contributed by atoms with Crippen LogP contribution in [-0.4, -0.2) is 21.0 Å². The van der Waals surface area contributed by atoms with Crippen LogP contribution in [0.25, 0.3) is 11.4 Å². The first-order chi connectivity index (χ1) is 12.2. The molecule has 2 aromatic heterocycles. The highest BCUT2D eigenvalue weighted by Crippen LogP contribution is 2.34. The van der Waals surface area contributed by atoms with Crippen LogP contribution in [0.3, 0.4) is 0 Å². The van der Waals surface area contributed by atoms with Gasteiger partial charge >= 0.3 is 0 Å². The zero-order valence-corrected chi connectivity index (χ0v) is 14.1. The molecule has 128 valence electrons. The Morgan fingerprint density at radius 3 is 3.00 bits per heavy atom. The van der Waals surface area contributed by atoms with Crippen LogP contribution < -0.4 is 5.32 Å². The summed E-state index contributed by atoms with van der Waals surface area (Å²) in [6.07, 6.45) is 3.74. The molecule has 1 aliphatic rings.